The van der Waals surface area contributed by atoms with Gasteiger partial charge in [-0.2, -0.15) is 0 Å². The average Bonchev–Trinajstić information content (AvgIpc) is 2.36. The molecule has 98 valence electrons. The number of anilines is 2. The Balaban J connectivity index is 2.41. The second-order valence-electron chi connectivity index (χ2n) is 3.58. The van der Waals surface area contributed by atoms with Crippen molar-refractivity contribution >= 4 is 29.1 Å². The van der Waals surface area contributed by atoms with Crippen LogP contribution in [0.1, 0.15) is 10.4 Å². The monoisotopic (exact) mass is 284 g/mol. The lowest BCUT2D eigenvalue weighted by Gasteiger charge is -2.09. The van der Waals surface area contributed by atoms with E-state index in [4.69, 9.17) is 16.7 Å². The summed E-state index contributed by atoms with van der Waals surface area (Å²) >= 11 is 5.81. The van der Waals surface area contributed by atoms with Crippen LogP contribution in [0.25, 0.3) is 0 Å². The van der Waals surface area contributed by atoms with Gasteiger partial charge >= 0.3 is 5.97 Å². The molecular formula is C12H7ClF2N2O2. The van der Waals surface area contributed by atoms with Crippen LogP contribution < -0.4 is 5.32 Å². The smallest absolute Gasteiger partial charge is 0.338 e. The lowest BCUT2D eigenvalue weighted by Crippen LogP contribution is -2.05. The molecule has 0 saturated heterocycles. The van der Waals surface area contributed by atoms with Crippen molar-refractivity contribution in [1.82, 2.24) is 4.98 Å². The molecule has 0 fully saturated rings. The summed E-state index contributed by atoms with van der Waals surface area (Å²) in [5.41, 5.74) is -0.444. The molecule has 0 spiro atoms. The second kappa shape index (κ2) is 5.19. The first-order valence-electron chi connectivity index (χ1n) is 5.09. The molecule has 2 aromatic rings. The predicted octanol–water partition coefficient (Wildman–Crippen LogP) is 3.46. The maximum atomic E-state index is 13.8. The summed E-state index contributed by atoms with van der Waals surface area (Å²) < 4.78 is 26.8. The molecule has 4 nitrogen and oxygen atoms in total. The van der Waals surface area contributed by atoms with E-state index >= 15 is 0 Å². The normalized spacial score (nSPS) is 10.3. The Morgan fingerprint density at radius 1 is 1.32 bits per heavy atom. The highest BCUT2D eigenvalue weighted by atomic mass is 35.5. The van der Waals surface area contributed by atoms with Crippen LogP contribution >= 0.6 is 11.6 Å². The number of pyridine rings is 1. The molecule has 7 heteroatoms. The number of nitrogens with zero attached hydrogens (tertiary/aromatic N) is 1. The van der Waals surface area contributed by atoms with Gasteiger partial charge in [0.1, 0.15) is 11.4 Å². The van der Waals surface area contributed by atoms with Crippen LogP contribution in [0.15, 0.2) is 30.5 Å². The Labute approximate surface area is 111 Å². The highest BCUT2D eigenvalue weighted by molar-refractivity contribution is 6.33. The third-order valence-electron chi connectivity index (χ3n) is 2.30. The van der Waals surface area contributed by atoms with Gasteiger partial charge in [0.05, 0.1) is 10.7 Å². The number of carbonyl (C=O) groups is 1. The van der Waals surface area contributed by atoms with E-state index in [0.29, 0.717) is 0 Å². The summed E-state index contributed by atoms with van der Waals surface area (Å²) in [6, 6.07) is 4.51. The van der Waals surface area contributed by atoms with E-state index in [0.717, 1.165) is 24.4 Å². The summed E-state index contributed by atoms with van der Waals surface area (Å²) in [6.07, 6.45) is 1.13. The predicted molar refractivity (Wildman–Crippen MR) is 65.8 cm³/mol. The van der Waals surface area contributed by atoms with Gasteiger partial charge < -0.3 is 10.4 Å². The molecule has 19 heavy (non-hydrogen) atoms. The van der Waals surface area contributed by atoms with Gasteiger partial charge in [0.2, 0.25) is 0 Å². The standard InChI is InChI=1S/C12H7ClF2N2O2/c13-8-2-1-6(14)5-9(8)17-11-10(15)7(12(18)19)3-4-16-11/h1-5H,(H,16,17)(H,18,19). The van der Waals surface area contributed by atoms with Crippen molar-refractivity contribution in [3.63, 3.8) is 0 Å². The average molecular weight is 285 g/mol. The maximum Gasteiger partial charge on any atom is 0.338 e. The Hall–Kier alpha value is -2.21. The Morgan fingerprint density at radius 3 is 2.74 bits per heavy atom. The molecule has 0 saturated carbocycles. The van der Waals surface area contributed by atoms with Crippen molar-refractivity contribution in [2.45, 2.75) is 0 Å². The summed E-state index contributed by atoms with van der Waals surface area (Å²) in [5.74, 6) is -3.38. The van der Waals surface area contributed by atoms with Crippen LogP contribution in [-0.2, 0) is 0 Å². The first kappa shape index (κ1) is 13.2. The van der Waals surface area contributed by atoms with E-state index in [1.54, 1.807) is 0 Å². The fourth-order valence-electron chi connectivity index (χ4n) is 1.42. The molecule has 0 atom stereocenters. The molecule has 0 unspecified atom stereocenters. The highest BCUT2D eigenvalue weighted by Crippen LogP contribution is 2.27. The Kier molecular flexibility index (Phi) is 3.62. The number of hydrogen-bond acceptors (Lipinski definition) is 3. The number of carboxylic acid groups (broad SMARTS) is 1. The minimum Gasteiger partial charge on any atom is -0.478 e. The lowest BCUT2D eigenvalue weighted by atomic mass is 10.2. The van der Waals surface area contributed by atoms with E-state index in [2.05, 4.69) is 10.3 Å². The third kappa shape index (κ3) is 2.79. The van der Waals surface area contributed by atoms with Gasteiger partial charge in [0.15, 0.2) is 11.6 Å². The lowest BCUT2D eigenvalue weighted by molar-refractivity contribution is 0.0692. The van der Waals surface area contributed by atoms with Crippen LogP contribution in [0, 0.1) is 11.6 Å². The molecular weight excluding hydrogens is 278 g/mol. The van der Waals surface area contributed by atoms with Gasteiger partial charge in [-0.1, -0.05) is 11.6 Å². The summed E-state index contributed by atoms with van der Waals surface area (Å²) in [6.45, 7) is 0. The number of carboxylic acids is 1. The number of benzene rings is 1. The summed E-state index contributed by atoms with van der Waals surface area (Å²) in [7, 11) is 0. The van der Waals surface area contributed by atoms with E-state index < -0.39 is 23.2 Å². The van der Waals surface area contributed by atoms with Gasteiger partial charge in [0, 0.05) is 6.20 Å². The minimum absolute atomic E-state index is 0.0932. The number of rotatable bonds is 3. The zero-order chi connectivity index (χ0) is 14.0. The largest absolute Gasteiger partial charge is 0.478 e. The van der Waals surface area contributed by atoms with Gasteiger partial charge in [-0.25, -0.2) is 18.6 Å². The van der Waals surface area contributed by atoms with E-state index in [-0.39, 0.29) is 16.5 Å². The second-order valence-corrected chi connectivity index (χ2v) is 3.98. The van der Waals surface area contributed by atoms with Gasteiger partial charge in [-0.3, -0.25) is 0 Å². The van der Waals surface area contributed by atoms with E-state index in [9.17, 15) is 13.6 Å². The van der Waals surface area contributed by atoms with Crippen LogP contribution in [-0.4, -0.2) is 16.1 Å². The molecule has 2 N–H and O–H groups in total. The molecule has 2 rings (SSSR count). The molecule has 1 aromatic heterocycles. The van der Waals surface area contributed by atoms with Crippen molar-refractivity contribution < 1.29 is 18.7 Å². The summed E-state index contributed by atoms with van der Waals surface area (Å²) in [5, 5.41) is 11.4. The Morgan fingerprint density at radius 2 is 2.05 bits per heavy atom. The van der Waals surface area contributed by atoms with Crippen LogP contribution in [0.5, 0.6) is 0 Å². The van der Waals surface area contributed by atoms with E-state index in [1.165, 1.54) is 6.07 Å². The number of halogens is 3. The Bertz CT molecular complexity index is 650. The molecule has 0 amide bonds. The quantitative estimate of drug-likeness (QED) is 0.906. The van der Waals surface area contributed by atoms with E-state index in [1.807, 2.05) is 0 Å². The van der Waals surface area contributed by atoms with Crippen molar-refractivity contribution in [1.29, 1.82) is 0 Å². The number of aromatic nitrogens is 1. The molecule has 0 bridgehead atoms. The molecule has 0 radical (unpaired) electrons. The number of hydrogen-bond donors (Lipinski definition) is 2. The van der Waals surface area contributed by atoms with Crippen LogP contribution in [0.2, 0.25) is 5.02 Å². The molecule has 1 aromatic carbocycles. The van der Waals surface area contributed by atoms with Gasteiger partial charge in [0.25, 0.3) is 0 Å². The molecule has 0 aliphatic heterocycles. The molecule has 0 aliphatic carbocycles. The van der Waals surface area contributed by atoms with Crippen molar-refractivity contribution in [3.8, 4) is 0 Å². The summed E-state index contributed by atoms with van der Waals surface area (Å²) in [4.78, 5) is 14.4. The molecule has 1 heterocycles. The molecule has 0 aliphatic rings. The van der Waals surface area contributed by atoms with Crippen molar-refractivity contribution in [2.24, 2.45) is 0 Å². The van der Waals surface area contributed by atoms with Crippen molar-refractivity contribution in [3.05, 3.63) is 52.7 Å². The fraction of sp³-hybridized carbons (Fsp3) is 0. The third-order valence-corrected chi connectivity index (χ3v) is 2.63. The maximum absolute atomic E-state index is 13.8. The topological polar surface area (TPSA) is 62.2 Å². The van der Waals surface area contributed by atoms with Crippen LogP contribution in [0.4, 0.5) is 20.3 Å². The first-order valence-corrected chi connectivity index (χ1v) is 5.46. The van der Waals surface area contributed by atoms with Crippen LogP contribution in [0.3, 0.4) is 0 Å². The SMILES string of the molecule is O=C(O)c1ccnc(Nc2cc(F)ccc2Cl)c1F. The minimum atomic E-state index is -1.42. The fourth-order valence-corrected chi connectivity index (χ4v) is 1.58. The zero-order valence-electron chi connectivity index (χ0n) is 9.32. The zero-order valence-corrected chi connectivity index (χ0v) is 10.1. The first-order chi connectivity index (χ1) is 8.99. The highest BCUT2D eigenvalue weighted by Gasteiger charge is 2.16. The van der Waals surface area contributed by atoms with Crippen molar-refractivity contribution in [2.75, 3.05) is 5.32 Å². The van der Waals surface area contributed by atoms with Gasteiger partial charge in [-0.05, 0) is 24.3 Å². The number of nitrogens with one attached hydrogen (secondary N) is 1. The number of aromatic carboxylic acids is 1. The van der Waals surface area contributed by atoms with Gasteiger partial charge in [-0.15, -0.1) is 0 Å².